The second-order valence-electron chi connectivity index (χ2n) is 6.24. The Balaban J connectivity index is 1.66. The summed E-state index contributed by atoms with van der Waals surface area (Å²) in [5.41, 5.74) is 2.80. The lowest BCUT2D eigenvalue weighted by Gasteiger charge is -2.19. The minimum absolute atomic E-state index is 0.00134. The first-order valence-corrected chi connectivity index (χ1v) is 8.52. The van der Waals surface area contributed by atoms with Gasteiger partial charge in [0.15, 0.2) is 0 Å². The highest BCUT2D eigenvalue weighted by atomic mass is 19.1. The summed E-state index contributed by atoms with van der Waals surface area (Å²) >= 11 is 0. The summed E-state index contributed by atoms with van der Waals surface area (Å²) in [5, 5.41) is 2.99. The van der Waals surface area contributed by atoms with Gasteiger partial charge in [-0.1, -0.05) is 37.3 Å². The molecule has 0 spiro atoms. The zero-order valence-corrected chi connectivity index (χ0v) is 13.9. The summed E-state index contributed by atoms with van der Waals surface area (Å²) < 4.78 is 13.3. The summed E-state index contributed by atoms with van der Waals surface area (Å²) in [6, 6.07) is 17.5. The first-order valence-electron chi connectivity index (χ1n) is 8.52. The van der Waals surface area contributed by atoms with Crippen molar-refractivity contribution in [1.29, 1.82) is 0 Å². The van der Waals surface area contributed by atoms with Gasteiger partial charge in [-0.05, 0) is 42.7 Å². The molecule has 0 aromatic heterocycles. The monoisotopic (exact) mass is 326 g/mol. The number of nitrogens with zero attached hydrogens (tertiary/aromatic N) is 1. The Morgan fingerprint density at radius 1 is 1.21 bits per heavy atom. The fourth-order valence-corrected chi connectivity index (χ4v) is 3.19. The van der Waals surface area contributed by atoms with Crippen LogP contribution in [0.25, 0.3) is 0 Å². The van der Waals surface area contributed by atoms with E-state index in [9.17, 15) is 9.18 Å². The van der Waals surface area contributed by atoms with E-state index in [1.807, 2.05) is 66.4 Å². The molecule has 0 aliphatic carbocycles. The lowest BCUT2D eigenvalue weighted by atomic mass is 9.95. The Hall–Kier alpha value is -2.36. The molecule has 1 N–H and O–H groups in total. The number of hydrogen-bond acceptors (Lipinski definition) is 2. The predicted octanol–water partition coefficient (Wildman–Crippen LogP) is 4.37. The average molecular weight is 326 g/mol. The van der Waals surface area contributed by atoms with Crippen LogP contribution in [-0.2, 0) is 4.79 Å². The van der Waals surface area contributed by atoms with Crippen molar-refractivity contribution in [1.82, 2.24) is 0 Å². The number of alkyl halides is 1. The van der Waals surface area contributed by atoms with Gasteiger partial charge in [-0.2, -0.15) is 0 Å². The van der Waals surface area contributed by atoms with Crippen molar-refractivity contribution in [3.05, 3.63) is 60.2 Å². The SMILES string of the molecule is CC[C@H](C(=O)Nc1ccc(N2CC[C@H](F)C2)cc1)c1ccccc1. The van der Waals surface area contributed by atoms with Gasteiger partial charge >= 0.3 is 0 Å². The highest BCUT2D eigenvalue weighted by molar-refractivity contribution is 5.95. The van der Waals surface area contributed by atoms with E-state index in [4.69, 9.17) is 0 Å². The van der Waals surface area contributed by atoms with Gasteiger partial charge in [0.1, 0.15) is 6.17 Å². The minimum Gasteiger partial charge on any atom is -0.369 e. The maximum Gasteiger partial charge on any atom is 0.231 e. The number of benzene rings is 2. The Morgan fingerprint density at radius 3 is 2.50 bits per heavy atom. The van der Waals surface area contributed by atoms with E-state index in [-0.39, 0.29) is 11.8 Å². The fourth-order valence-electron chi connectivity index (χ4n) is 3.19. The highest BCUT2D eigenvalue weighted by Crippen LogP contribution is 2.25. The highest BCUT2D eigenvalue weighted by Gasteiger charge is 2.22. The number of rotatable bonds is 5. The molecule has 0 saturated carbocycles. The smallest absolute Gasteiger partial charge is 0.231 e. The molecule has 0 bridgehead atoms. The molecule has 24 heavy (non-hydrogen) atoms. The molecule has 2 aromatic carbocycles. The third-order valence-corrected chi connectivity index (χ3v) is 4.56. The Morgan fingerprint density at radius 2 is 1.92 bits per heavy atom. The van der Waals surface area contributed by atoms with Crippen molar-refractivity contribution in [3.63, 3.8) is 0 Å². The Bertz CT molecular complexity index is 672. The van der Waals surface area contributed by atoms with Crippen LogP contribution in [0.4, 0.5) is 15.8 Å². The zero-order valence-electron chi connectivity index (χ0n) is 13.9. The topological polar surface area (TPSA) is 32.3 Å². The maximum absolute atomic E-state index is 13.3. The second-order valence-corrected chi connectivity index (χ2v) is 6.24. The molecule has 1 aliphatic heterocycles. The van der Waals surface area contributed by atoms with Gasteiger partial charge < -0.3 is 10.2 Å². The summed E-state index contributed by atoms with van der Waals surface area (Å²) in [7, 11) is 0. The lowest BCUT2D eigenvalue weighted by molar-refractivity contribution is -0.117. The molecule has 4 heteroatoms. The van der Waals surface area contributed by atoms with Crippen LogP contribution in [-0.4, -0.2) is 25.2 Å². The molecule has 2 atom stereocenters. The predicted molar refractivity (Wildman–Crippen MR) is 96.3 cm³/mol. The van der Waals surface area contributed by atoms with Crippen LogP contribution < -0.4 is 10.2 Å². The van der Waals surface area contributed by atoms with Crippen LogP contribution in [0.1, 0.15) is 31.2 Å². The largest absolute Gasteiger partial charge is 0.369 e. The van der Waals surface area contributed by atoms with Crippen LogP contribution in [0.5, 0.6) is 0 Å². The lowest BCUT2D eigenvalue weighted by Crippen LogP contribution is -2.21. The molecule has 2 aromatic rings. The maximum atomic E-state index is 13.3. The van der Waals surface area contributed by atoms with Gasteiger partial charge in [-0.3, -0.25) is 4.79 Å². The first-order chi connectivity index (χ1) is 11.7. The van der Waals surface area contributed by atoms with E-state index < -0.39 is 6.17 Å². The van der Waals surface area contributed by atoms with Crippen molar-refractivity contribution in [2.75, 3.05) is 23.3 Å². The van der Waals surface area contributed by atoms with Crippen molar-refractivity contribution in [2.45, 2.75) is 31.9 Å². The molecular weight excluding hydrogens is 303 g/mol. The van der Waals surface area contributed by atoms with E-state index >= 15 is 0 Å². The van der Waals surface area contributed by atoms with Gasteiger partial charge in [0, 0.05) is 24.5 Å². The number of carbonyl (C=O) groups is 1. The molecule has 126 valence electrons. The molecule has 1 amide bonds. The zero-order chi connectivity index (χ0) is 16.9. The fraction of sp³-hybridized carbons (Fsp3) is 0.350. The van der Waals surface area contributed by atoms with E-state index in [2.05, 4.69) is 5.32 Å². The molecule has 1 heterocycles. The molecule has 3 rings (SSSR count). The van der Waals surface area contributed by atoms with Crippen molar-refractivity contribution >= 4 is 17.3 Å². The van der Waals surface area contributed by atoms with Crippen LogP contribution in [0.3, 0.4) is 0 Å². The van der Waals surface area contributed by atoms with Gasteiger partial charge in [0.2, 0.25) is 5.91 Å². The van der Waals surface area contributed by atoms with E-state index in [0.29, 0.717) is 13.0 Å². The summed E-state index contributed by atoms with van der Waals surface area (Å²) in [6.45, 7) is 3.22. The molecular formula is C20H23FN2O. The van der Waals surface area contributed by atoms with Gasteiger partial charge in [0.05, 0.1) is 5.92 Å². The Kier molecular flexibility index (Phi) is 5.14. The van der Waals surface area contributed by atoms with Crippen LogP contribution in [0, 0.1) is 0 Å². The molecule has 1 aliphatic rings. The van der Waals surface area contributed by atoms with Gasteiger partial charge in [-0.15, -0.1) is 0 Å². The Labute approximate surface area is 142 Å². The third-order valence-electron chi connectivity index (χ3n) is 4.56. The van der Waals surface area contributed by atoms with Crippen LogP contribution >= 0.6 is 0 Å². The molecule has 1 fully saturated rings. The summed E-state index contributed by atoms with van der Waals surface area (Å²) in [5.74, 6) is -0.154. The number of amides is 1. The van der Waals surface area contributed by atoms with Crippen molar-refractivity contribution in [2.24, 2.45) is 0 Å². The quantitative estimate of drug-likeness (QED) is 0.885. The second kappa shape index (κ2) is 7.47. The van der Waals surface area contributed by atoms with Crippen molar-refractivity contribution < 1.29 is 9.18 Å². The van der Waals surface area contributed by atoms with Crippen molar-refractivity contribution in [3.8, 4) is 0 Å². The molecule has 3 nitrogen and oxygen atoms in total. The number of halogens is 1. The summed E-state index contributed by atoms with van der Waals surface area (Å²) in [6.07, 6.45) is 0.605. The van der Waals surface area contributed by atoms with Gasteiger partial charge in [0.25, 0.3) is 0 Å². The van der Waals surface area contributed by atoms with Crippen LogP contribution in [0.2, 0.25) is 0 Å². The minimum atomic E-state index is -0.736. The number of hydrogen-bond donors (Lipinski definition) is 1. The third kappa shape index (κ3) is 3.75. The summed E-state index contributed by atoms with van der Waals surface area (Å²) in [4.78, 5) is 14.6. The normalized spacial score (nSPS) is 18.4. The molecule has 0 radical (unpaired) electrons. The average Bonchev–Trinajstić information content (AvgIpc) is 3.04. The molecule has 1 saturated heterocycles. The standard InChI is InChI=1S/C20H23FN2O/c1-2-19(15-6-4-3-5-7-15)20(24)22-17-8-10-18(11-9-17)23-13-12-16(21)14-23/h3-11,16,19H,2,12-14H2,1H3,(H,22,24)/t16-,19-/m0/s1. The molecule has 0 unspecified atom stereocenters. The number of nitrogens with one attached hydrogen (secondary N) is 1. The number of anilines is 2. The van der Waals surface area contributed by atoms with E-state index in [1.54, 1.807) is 0 Å². The first kappa shape index (κ1) is 16.5. The van der Waals surface area contributed by atoms with E-state index in [1.165, 1.54) is 0 Å². The van der Waals surface area contributed by atoms with Crippen LogP contribution in [0.15, 0.2) is 54.6 Å². The van der Waals surface area contributed by atoms with Gasteiger partial charge in [-0.25, -0.2) is 4.39 Å². The van der Waals surface area contributed by atoms with E-state index in [0.717, 1.165) is 29.9 Å². The number of carbonyl (C=O) groups excluding carboxylic acids is 1.